The minimum atomic E-state index is -1.85. The number of alkyl halides is 2. The Morgan fingerprint density at radius 3 is 2.42 bits per heavy atom. The number of ether oxygens (including phenoxy) is 1. The smallest absolute Gasteiger partial charge is 0.157 e. The van der Waals surface area contributed by atoms with Gasteiger partial charge in [-0.1, -0.05) is 0 Å². The number of hydrogen-bond acceptors (Lipinski definition) is 3. The third-order valence-corrected chi connectivity index (χ3v) is 2.05. The highest BCUT2D eigenvalue weighted by molar-refractivity contribution is 4.90. The highest BCUT2D eigenvalue weighted by Gasteiger charge is 2.42. The van der Waals surface area contributed by atoms with E-state index in [1.807, 2.05) is 0 Å². The summed E-state index contributed by atoms with van der Waals surface area (Å²) in [5.41, 5.74) is 0. The maximum atomic E-state index is 12.9. The van der Waals surface area contributed by atoms with Crippen LogP contribution in [0, 0.1) is 0 Å². The van der Waals surface area contributed by atoms with Crippen molar-refractivity contribution in [3.05, 3.63) is 0 Å². The van der Waals surface area contributed by atoms with Gasteiger partial charge in [-0.15, -0.1) is 0 Å². The Kier molecular flexibility index (Phi) is 2.98. The molecule has 0 aromatic heterocycles. The molecule has 1 fully saturated rings. The van der Waals surface area contributed by atoms with Gasteiger partial charge >= 0.3 is 0 Å². The number of halogens is 2. The van der Waals surface area contributed by atoms with Gasteiger partial charge in [-0.05, 0) is 6.92 Å². The Morgan fingerprint density at radius 2 is 1.92 bits per heavy atom. The molecule has 1 aliphatic rings. The predicted molar refractivity (Wildman–Crippen MR) is 37.2 cm³/mol. The zero-order valence-corrected chi connectivity index (χ0v) is 6.65. The van der Waals surface area contributed by atoms with E-state index in [1.165, 1.54) is 6.92 Å². The molecule has 0 bridgehead atoms. The van der Waals surface area contributed by atoms with Crippen LogP contribution in [0.1, 0.15) is 6.92 Å². The first-order valence-electron chi connectivity index (χ1n) is 3.79. The molecule has 3 nitrogen and oxygen atoms in total. The summed E-state index contributed by atoms with van der Waals surface area (Å²) < 4.78 is 29.7. The zero-order chi connectivity index (χ0) is 9.30. The first kappa shape index (κ1) is 9.83. The molecule has 1 heterocycles. The van der Waals surface area contributed by atoms with E-state index in [4.69, 9.17) is 14.9 Å². The highest BCUT2D eigenvalue weighted by atomic mass is 19.1. The SMILES string of the molecule is CC1OC(CF)C(F)C(O)[C@H]1O. The molecular weight excluding hydrogens is 170 g/mol. The molecule has 2 N–H and O–H groups in total. The van der Waals surface area contributed by atoms with Crippen LogP contribution in [0.5, 0.6) is 0 Å². The highest BCUT2D eigenvalue weighted by Crippen LogP contribution is 2.23. The van der Waals surface area contributed by atoms with Gasteiger partial charge in [0.1, 0.15) is 25.0 Å². The van der Waals surface area contributed by atoms with Crippen molar-refractivity contribution in [2.45, 2.75) is 37.5 Å². The van der Waals surface area contributed by atoms with Crippen LogP contribution in [0.25, 0.3) is 0 Å². The van der Waals surface area contributed by atoms with Gasteiger partial charge in [0.05, 0.1) is 6.10 Å². The normalized spacial score (nSPS) is 49.2. The second kappa shape index (κ2) is 3.64. The molecular formula is C7H12F2O3. The molecule has 0 radical (unpaired) electrons. The van der Waals surface area contributed by atoms with E-state index in [-0.39, 0.29) is 0 Å². The molecule has 5 atom stereocenters. The van der Waals surface area contributed by atoms with E-state index in [0.717, 1.165) is 0 Å². The first-order valence-corrected chi connectivity index (χ1v) is 3.79. The molecule has 72 valence electrons. The van der Waals surface area contributed by atoms with Gasteiger partial charge in [0, 0.05) is 0 Å². The summed E-state index contributed by atoms with van der Waals surface area (Å²) in [5, 5.41) is 18.1. The van der Waals surface area contributed by atoms with Crippen LogP contribution < -0.4 is 0 Å². The van der Waals surface area contributed by atoms with Gasteiger partial charge in [-0.2, -0.15) is 0 Å². The van der Waals surface area contributed by atoms with Crippen molar-refractivity contribution in [2.75, 3.05) is 6.67 Å². The molecule has 1 rings (SSSR count). The van der Waals surface area contributed by atoms with Crippen LogP contribution in [0.4, 0.5) is 8.78 Å². The summed E-state index contributed by atoms with van der Waals surface area (Å²) in [6.07, 6.45) is -6.65. The average molecular weight is 182 g/mol. The molecule has 1 aliphatic heterocycles. The van der Waals surface area contributed by atoms with Crippen molar-refractivity contribution in [3.8, 4) is 0 Å². The van der Waals surface area contributed by atoms with Crippen LogP contribution in [-0.4, -0.2) is 47.5 Å². The molecule has 5 heteroatoms. The molecule has 0 aromatic carbocycles. The Morgan fingerprint density at radius 1 is 1.33 bits per heavy atom. The van der Waals surface area contributed by atoms with E-state index in [9.17, 15) is 8.78 Å². The largest absolute Gasteiger partial charge is 0.388 e. The molecule has 1 saturated heterocycles. The van der Waals surface area contributed by atoms with Gasteiger partial charge < -0.3 is 14.9 Å². The summed E-state index contributed by atoms with van der Waals surface area (Å²) in [7, 11) is 0. The summed E-state index contributed by atoms with van der Waals surface area (Å²) in [6, 6.07) is 0. The fourth-order valence-corrected chi connectivity index (χ4v) is 1.24. The van der Waals surface area contributed by atoms with Crippen LogP contribution in [0.2, 0.25) is 0 Å². The van der Waals surface area contributed by atoms with Crippen molar-refractivity contribution in [1.29, 1.82) is 0 Å². The first-order chi connectivity index (χ1) is 5.57. The van der Waals surface area contributed by atoms with E-state index in [0.29, 0.717) is 0 Å². The minimum absolute atomic E-state index is 0.729. The second-order valence-corrected chi connectivity index (χ2v) is 2.96. The Balaban J connectivity index is 2.63. The van der Waals surface area contributed by atoms with E-state index < -0.39 is 37.3 Å². The molecule has 12 heavy (non-hydrogen) atoms. The standard InChI is InChI=1S/C7H12F2O3/c1-3-6(10)7(11)5(9)4(2-8)12-3/h3-7,10-11H,2H2,1H3/t3?,4?,5?,6-,7?/m0/s1. The number of aliphatic hydroxyl groups is 2. The molecule has 0 aliphatic carbocycles. The van der Waals surface area contributed by atoms with Crippen molar-refractivity contribution < 1.29 is 23.7 Å². The van der Waals surface area contributed by atoms with Crippen LogP contribution in [0.3, 0.4) is 0 Å². The second-order valence-electron chi connectivity index (χ2n) is 2.96. The van der Waals surface area contributed by atoms with Crippen LogP contribution in [-0.2, 0) is 4.74 Å². The van der Waals surface area contributed by atoms with Gasteiger partial charge in [-0.3, -0.25) is 0 Å². The molecule has 0 spiro atoms. The Hall–Kier alpha value is -0.260. The summed E-state index contributed by atoms with van der Waals surface area (Å²) in [4.78, 5) is 0. The molecule has 0 aromatic rings. The Bertz CT molecular complexity index is 151. The van der Waals surface area contributed by atoms with Gasteiger partial charge in [-0.25, -0.2) is 8.78 Å². The fraction of sp³-hybridized carbons (Fsp3) is 1.00. The number of hydrogen-bond donors (Lipinski definition) is 2. The van der Waals surface area contributed by atoms with Gasteiger partial charge in [0.2, 0.25) is 0 Å². The topological polar surface area (TPSA) is 49.7 Å². The monoisotopic (exact) mass is 182 g/mol. The van der Waals surface area contributed by atoms with Crippen molar-refractivity contribution in [1.82, 2.24) is 0 Å². The van der Waals surface area contributed by atoms with E-state index >= 15 is 0 Å². The van der Waals surface area contributed by atoms with Gasteiger partial charge in [0.25, 0.3) is 0 Å². The Labute approximate surface area is 69.0 Å². The third kappa shape index (κ3) is 1.57. The van der Waals surface area contributed by atoms with E-state index in [2.05, 4.69) is 0 Å². The van der Waals surface area contributed by atoms with Crippen LogP contribution in [0.15, 0.2) is 0 Å². The lowest BCUT2D eigenvalue weighted by atomic mass is 9.97. The maximum Gasteiger partial charge on any atom is 0.157 e. The zero-order valence-electron chi connectivity index (χ0n) is 6.65. The molecule has 4 unspecified atom stereocenters. The van der Waals surface area contributed by atoms with E-state index in [1.54, 1.807) is 0 Å². The predicted octanol–water partition coefficient (Wildman–Crippen LogP) is -0.197. The van der Waals surface area contributed by atoms with Crippen LogP contribution >= 0.6 is 0 Å². The lowest BCUT2D eigenvalue weighted by Gasteiger charge is -2.36. The maximum absolute atomic E-state index is 12.9. The lowest BCUT2D eigenvalue weighted by Crippen LogP contribution is -2.55. The van der Waals surface area contributed by atoms with Crippen molar-refractivity contribution in [2.24, 2.45) is 0 Å². The third-order valence-electron chi connectivity index (χ3n) is 2.05. The minimum Gasteiger partial charge on any atom is -0.388 e. The number of aliphatic hydroxyl groups excluding tert-OH is 2. The molecule has 0 saturated carbocycles. The quantitative estimate of drug-likeness (QED) is 0.590. The summed E-state index contributed by atoms with van der Waals surface area (Å²) in [6.45, 7) is 0.470. The van der Waals surface area contributed by atoms with Crippen molar-refractivity contribution in [3.63, 3.8) is 0 Å². The summed E-state index contributed by atoms with van der Waals surface area (Å²) >= 11 is 0. The summed E-state index contributed by atoms with van der Waals surface area (Å²) in [5.74, 6) is 0. The lowest BCUT2D eigenvalue weighted by molar-refractivity contribution is -0.201. The molecule has 0 amide bonds. The van der Waals surface area contributed by atoms with Crippen molar-refractivity contribution >= 4 is 0 Å². The fourth-order valence-electron chi connectivity index (χ4n) is 1.24. The average Bonchev–Trinajstić information content (AvgIpc) is 2.08. The van der Waals surface area contributed by atoms with Gasteiger partial charge in [0.15, 0.2) is 6.17 Å². The number of rotatable bonds is 1.